The van der Waals surface area contributed by atoms with Crippen LogP contribution < -0.4 is 26.0 Å². The number of likely N-dealkylation sites (tertiary alicyclic amines) is 1. The van der Waals surface area contributed by atoms with Crippen LogP contribution in [0.5, 0.6) is 5.75 Å². The van der Waals surface area contributed by atoms with Crippen molar-refractivity contribution in [2.45, 2.75) is 199 Å². The zero-order chi connectivity index (χ0) is 75.4. The largest absolute Gasteiger partial charge is 0.497 e. The fraction of sp³-hybridized carbons (Fsp3) is 0.605. The molecule has 3 aliphatic rings. The molecular formula is C76H111IN12O13. The molecule has 0 spiro atoms. The van der Waals surface area contributed by atoms with E-state index in [-0.39, 0.29) is 63.3 Å². The predicted octanol–water partition coefficient (Wildman–Crippen LogP) is 5.23. The summed E-state index contributed by atoms with van der Waals surface area (Å²) < 4.78 is 6.24. The molecule has 12 amide bonds. The van der Waals surface area contributed by atoms with E-state index in [0.717, 1.165) is 14.9 Å². The molecule has 3 heterocycles. The molecule has 102 heavy (non-hydrogen) atoms. The van der Waals surface area contributed by atoms with Crippen LogP contribution in [-0.2, 0) is 76.8 Å². The van der Waals surface area contributed by atoms with Crippen LogP contribution in [0.4, 0.5) is 0 Å². The van der Waals surface area contributed by atoms with Gasteiger partial charge >= 0.3 is 0 Å². The van der Waals surface area contributed by atoms with Gasteiger partial charge in [-0.3, -0.25) is 57.5 Å². The Bertz CT molecular complexity index is 3430. The first kappa shape index (κ1) is 82.8. The van der Waals surface area contributed by atoms with E-state index < -0.39 is 150 Å². The number of piperidine rings is 1. The smallest absolute Gasteiger partial charge is 0.246 e. The maximum atomic E-state index is 15.7. The summed E-state index contributed by atoms with van der Waals surface area (Å²) in [6.45, 7) is 14.4. The van der Waals surface area contributed by atoms with Crippen LogP contribution in [0.2, 0.25) is 0 Å². The second-order valence-corrected chi connectivity index (χ2v) is 30.3. The molecule has 1 unspecified atom stereocenters. The molecule has 3 aromatic carbocycles. The van der Waals surface area contributed by atoms with Crippen LogP contribution >= 0.6 is 22.6 Å². The third kappa shape index (κ3) is 21.9. The van der Waals surface area contributed by atoms with Crippen molar-refractivity contribution in [2.24, 2.45) is 17.8 Å². The van der Waals surface area contributed by atoms with Gasteiger partial charge in [-0.2, -0.15) is 0 Å². The second-order valence-electron chi connectivity index (χ2n) is 29.0. The third-order valence-electron chi connectivity index (χ3n) is 20.3. The van der Waals surface area contributed by atoms with Crippen LogP contribution in [-0.4, -0.2) is 246 Å². The van der Waals surface area contributed by atoms with E-state index in [0.29, 0.717) is 67.6 Å². The number of hydrogen-bond acceptors (Lipinski definition) is 13. The van der Waals surface area contributed by atoms with Crippen molar-refractivity contribution >= 4 is 93.5 Å². The van der Waals surface area contributed by atoms with Crippen LogP contribution in [0.1, 0.15) is 143 Å². The standard InChI is InChI=1S/C76H111IN12O13/c1-16-18-30-56-70(96)87(14)76(8,45-52-26-21-19-22-27-52)75(101)80-58(39-48(3)4)69(95)85(12)62(73(99)88-36-23-20-24-37-88)44-64(91)84(11)60(40-49(5)6)68(94)81-66(50(7)17-2)74(100)83(10)47-65(92)89-38-35-59(89)72(98)86(13)61(43-51-31-33-55(102-15)34-32-51)71(97)82(9)46-63(90)78-57(67(93)79-56)42-53-28-25-29-54(77)41-53/h19,21-22,25-29,31-34,41,48-50,56-62,66H,16-18,20,23-24,30,35-40,42-47H2,1-15H3,(H,78,90)(H,79,93)(H,80,101)(H,81,94)/t50-,56-,57-,58-,59?,60-,61-,62-,66-,76-/m0/s1. The lowest BCUT2D eigenvalue weighted by Gasteiger charge is -2.43. The first-order valence-electron chi connectivity index (χ1n) is 36.0. The number of likely N-dealkylation sites (N-methyl/N-ethyl adjacent to an activating group) is 6. The number of amides is 12. The topological polar surface area (TPSA) is 288 Å². The minimum atomic E-state index is -1.79. The molecule has 4 N–H and O–H groups in total. The number of hydrogen-bond donors (Lipinski definition) is 4. The lowest BCUT2D eigenvalue weighted by Crippen LogP contribution is -2.65. The van der Waals surface area contributed by atoms with E-state index in [2.05, 4.69) is 43.9 Å². The fourth-order valence-electron chi connectivity index (χ4n) is 13.4. The van der Waals surface area contributed by atoms with Crippen molar-refractivity contribution in [3.05, 3.63) is 99.1 Å². The Hall–Kier alpha value is -8.17. The van der Waals surface area contributed by atoms with Gasteiger partial charge in [0.15, 0.2) is 0 Å². The van der Waals surface area contributed by atoms with Gasteiger partial charge in [-0.05, 0) is 133 Å². The lowest BCUT2D eigenvalue weighted by molar-refractivity contribution is -0.157. The third-order valence-corrected chi connectivity index (χ3v) is 21.0. The molecule has 25 nitrogen and oxygen atoms in total. The maximum absolute atomic E-state index is 15.7. The van der Waals surface area contributed by atoms with Gasteiger partial charge in [-0.1, -0.05) is 122 Å². The van der Waals surface area contributed by atoms with Gasteiger partial charge < -0.3 is 65.2 Å². The van der Waals surface area contributed by atoms with Crippen molar-refractivity contribution < 1.29 is 62.3 Å². The lowest BCUT2D eigenvalue weighted by atomic mass is 9.88. The number of carbonyl (C=O) groups excluding carboxylic acids is 12. The molecule has 26 heteroatoms. The molecule has 0 saturated carbocycles. The Morgan fingerprint density at radius 3 is 1.82 bits per heavy atom. The van der Waals surface area contributed by atoms with Crippen LogP contribution in [0.15, 0.2) is 78.9 Å². The molecule has 3 aliphatic heterocycles. The quantitative estimate of drug-likeness (QED) is 0.126. The first-order valence-corrected chi connectivity index (χ1v) is 37.1. The number of nitrogens with one attached hydrogen (secondary N) is 4. The summed E-state index contributed by atoms with van der Waals surface area (Å²) in [5.41, 5.74) is 0.175. The van der Waals surface area contributed by atoms with Crippen LogP contribution in [0.25, 0.3) is 0 Å². The van der Waals surface area contributed by atoms with Crippen molar-refractivity contribution in [1.29, 1.82) is 0 Å². The average molecular weight is 1530 g/mol. The molecule has 0 aromatic heterocycles. The summed E-state index contributed by atoms with van der Waals surface area (Å²) in [5.74, 6) is -8.11. The summed E-state index contributed by atoms with van der Waals surface area (Å²) in [6, 6.07) is 13.2. The van der Waals surface area contributed by atoms with E-state index in [4.69, 9.17) is 4.74 Å². The summed E-state index contributed by atoms with van der Waals surface area (Å²) in [7, 11) is 10.1. The summed E-state index contributed by atoms with van der Waals surface area (Å²) in [5, 5.41) is 11.7. The SMILES string of the molecule is CCCC[C@@H]1NC(=O)[C@H](Cc2cccc(I)c2)NC(=O)CN(C)C(=O)[C@H](Cc2ccc(OC)cc2)N(C)C(=O)C2CCN2C(=O)CN(C)C(=O)[C@H]([C@@H](C)CC)NC(=O)[C@H](CC(C)C)N(C)C(=O)C[C@@H](C(=O)N2CCCCC2)N(C)C(=O)[C@H](CC(C)C)NC(=O)[C@](C)(Cc2ccccc2)N(C)C1=O. The molecule has 0 aliphatic carbocycles. The van der Waals surface area contributed by atoms with Crippen LogP contribution in [0.3, 0.4) is 0 Å². The number of nitrogens with zero attached hydrogens (tertiary/aromatic N) is 8. The Morgan fingerprint density at radius 2 is 1.24 bits per heavy atom. The minimum absolute atomic E-state index is 0.0299. The fourth-order valence-corrected chi connectivity index (χ4v) is 14.0. The number of unbranched alkanes of at least 4 members (excludes halogenated alkanes) is 1. The molecule has 6 rings (SSSR count). The van der Waals surface area contributed by atoms with Crippen molar-refractivity contribution in [3.8, 4) is 5.75 Å². The number of rotatable bonds is 17. The molecule has 3 fully saturated rings. The van der Waals surface area contributed by atoms with Gasteiger partial charge in [0.05, 0.1) is 26.6 Å². The van der Waals surface area contributed by atoms with Gasteiger partial charge in [0, 0.05) is 84.8 Å². The maximum Gasteiger partial charge on any atom is 0.246 e. The minimum Gasteiger partial charge on any atom is -0.497 e. The van der Waals surface area contributed by atoms with Gasteiger partial charge in [-0.15, -0.1) is 0 Å². The summed E-state index contributed by atoms with van der Waals surface area (Å²) in [4.78, 5) is 191. The molecule has 10 atom stereocenters. The Labute approximate surface area is 616 Å². The number of benzene rings is 3. The average Bonchev–Trinajstić information content (AvgIpc) is 0.794. The highest BCUT2D eigenvalue weighted by Crippen LogP contribution is 2.28. The number of fused-ring (bicyclic) bond motifs is 1. The monoisotopic (exact) mass is 1530 g/mol. The zero-order valence-corrected chi connectivity index (χ0v) is 64.7. The van der Waals surface area contributed by atoms with Crippen molar-refractivity contribution in [1.82, 2.24) is 60.5 Å². The molecule has 3 aromatic rings. The Morgan fingerprint density at radius 1 is 0.598 bits per heavy atom. The van der Waals surface area contributed by atoms with E-state index in [9.17, 15) is 24.0 Å². The van der Waals surface area contributed by atoms with Gasteiger partial charge in [0.2, 0.25) is 70.9 Å². The predicted molar refractivity (Wildman–Crippen MR) is 397 cm³/mol. The Kier molecular flexibility index (Phi) is 31.1. The van der Waals surface area contributed by atoms with Gasteiger partial charge in [0.25, 0.3) is 0 Å². The van der Waals surface area contributed by atoms with E-state index in [1.54, 1.807) is 79.4 Å². The van der Waals surface area contributed by atoms with Crippen molar-refractivity contribution in [3.63, 3.8) is 0 Å². The van der Waals surface area contributed by atoms with Crippen molar-refractivity contribution in [2.75, 3.05) is 82.1 Å². The first-order chi connectivity index (χ1) is 48.2. The number of halogens is 1. The molecule has 560 valence electrons. The van der Waals surface area contributed by atoms with Gasteiger partial charge in [0.1, 0.15) is 59.6 Å². The second kappa shape index (κ2) is 38.4. The molecule has 0 radical (unpaired) electrons. The number of ether oxygens (including phenoxy) is 1. The molecule has 3 saturated heterocycles. The number of methoxy groups -OCH3 is 1. The van der Waals surface area contributed by atoms with E-state index in [1.165, 1.54) is 78.8 Å². The highest BCUT2D eigenvalue weighted by molar-refractivity contribution is 14.1. The molecule has 0 bridgehead atoms. The summed E-state index contributed by atoms with van der Waals surface area (Å²) in [6.07, 6.45) is 3.55. The van der Waals surface area contributed by atoms with E-state index in [1.807, 2.05) is 59.7 Å². The Balaban J connectivity index is 1.48. The highest BCUT2D eigenvalue weighted by atomic mass is 127. The van der Waals surface area contributed by atoms with E-state index >= 15 is 33.6 Å². The normalized spacial score (nSPS) is 25.0. The summed E-state index contributed by atoms with van der Waals surface area (Å²) >= 11 is 2.14. The van der Waals surface area contributed by atoms with Gasteiger partial charge in [-0.25, -0.2) is 0 Å². The zero-order valence-electron chi connectivity index (χ0n) is 62.6. The number of carbonyl (C=O) groups is 12. The highest BCUT2D eigenvalue weighted by Gasteiger charge is 2.47. The molecular weight excluding hydrogens is 1420 g/mol. The van der Waals surface area contributed by atoms with Crippen LogP contribution in [0, 0.1) is 21.3 Å².